The molecule has 0 spiro atoms. The van der Waals surface area contributed by atoms with Crippen molar-refractivity contribution >= 4 is 0 Å². The highest BCUT2D eigenvalue weighted by Gasteiger charge is 2.17. The number of rotatable bonds is 2. The minimum absolute atomic E-state index is 0.913. The lowest BCUT2D eigenvalue weighted by atomic mass is 9.95. The van der Waals surface area contributed by atoms with E-state index in [1.165, 1.54) is 16.7 Å². The third-order valence-corrected chi connectivity index (χ3v) is 3.63. The molecule has 2 aromatic rings. The van der Waals surface area contributed by atoms with Crippen molar-refractivity contribution < 1.29 is 0 Å². The van der Waals surface area contributed by atoms with Crippen molar-refractivity contribution in [3.63, 3.8) is 0 Å². The zero-order chi connectivity index (χ0) is 12.5. The molecule has 0 unspecified atom stereocenters. The molecule has 4 heteroatoms. The first-order valence-electron chi connectivity index (χ1n) is 6.53. The fraction of sp³-hybridized carbons (Fsp3) is 0.429. The van der Waals surface area contributed by atoms with E-state index < -0.39 is 0 Å². The summed E-state index contributed by atoms with van der Waals surface area (Å²) in [7, 11) is 0. The third kappa shape index (κ3) is 1.73. The number of benzene rings is 1. The maximum Gasteiger partial charge on any atom is 0.164 e. The molecular formula is C14H18N4. The highest BCUT2D eigenvalue weighted by atomic mass is 15.3. The van der Waals surface area contributed by atoms with Crippen molar-refractivity contribution in [2.24, 2.45) is 0 Å². The first-order chi connectivity index (χ1) is 8.81. The second kappa shape index (κ2) is 4.53. The molecule has 0 radical (unpaired) electrons. The normalized spacial score (nSPS) is 14.6. The Hall–Kier alpha value is -1.68. The van der Waals surface area contributed by atoms with Crippen LogP contribution in [0.5, 0.6) is 0 Å². The SMILES string of the molecule is CCn1c(C)nnc1-c1cccc2c1CCNC2. The third-order valence-electron chi connectivity index (χ3n) is 3.63. The number of fused-ring (bicyclic) bond motifs is 1. The minimum Gasteiger partial charge on any atom is -0.312 e. The van der Waals surface area contributed by atoms with Crippen LogP contribution in [0, 0.1) is 6.92 Å². The van der Waals surface area contributed by atoms with Gasteiger partial charge < -0.3 is 9.88 Å². The van der Waals surface area contributed by atoms with Crippen LogP contribution in [0.3, 0.4) is 0 Å². The van der Waals surface area contributed by atoms with E-state index in [2.05, 4.69) is 45.2 Å². The van der Waals surface area contributed by atoms with E-state index in [9.17, 15) is 0 Å². The average Bonchev–Trinajstić information content (AvgIpc) is 2.79. The molecule has 0 fully saturated rings. The van der Waals surface area contributed by atoms with Crippen molar-refractivity contribution in [2.45, 2.75) is 33.4 Å². The van der Waals surface area contributed by atoms with Gasteiger partial charge in [0.1, 0.15) is 5.82 Å². The zero-order valence-electron chi connectivity index (χ0n) is 10.9. The van der Waals surface area contributed by atoms with Crippen LogP contribution in [0.15, 0.2) is 18.2 Å². The van der Waals surface area contributed by atoms with Gasteiger partial charge in [0.05, 0.1) is 0 Å². The molecule has 1 aliphatic rings. The molecule has 0 saturated carbocycles. The molecule has 0 aliphatic carbocycles. The van der Waals surface area contributed by atoms with E-state index >= 15 is 0 Å². The lowest BCUT2D eigenvalue weighted by molar-refractivity contribution is 0.643. The van der Waals surface area contributed by atoms with Crippen LogP contribution in [0.4, 0.5) is 0 Å². The Morgan fingerprint density at radius 3 is 3.06 bits per heavy atom. The fourth-order valence-corrected chi connectivity index (χ4v) is 2.70. The van der Waals surface area contributed by atoms with E-state index in [1.807, 2.05) is 6.92 Å². The van der Waals surface area contributed by atoms with Gasteiger partial charge in [-0.25, -0.2) is 0 Å². The number of hydrogen-bond acceptors (Lipinski definition) is 3. The predicted molar refractivity (Wildman–Crippen MR) is 71.3 cm³/mol. The lowest BCUT2D eigenvalue weighted by Crippen LogP contribution is -2.24. The standard InChI is InChI=1S/C14H18N4/c1-3-18-10(2)16-17-14(18)13-6-4-5-11-9-15-8-7-12(11)13/h4-6,15H,3,7-9H2,1-2H3. The van der Waals surface area contributed by atoms with E-state index in [1.54, 1.807) is 0 Å². The Bertz CT molecular complexity index is 571. The van der Waals surface area contributed by atoms with Crippen LogP contribution >= 0.6 is 0 Å². The van der Waals surface area contributed by atoms with Gasteiger partial charge in [0.25, 0.3) is 0 Å². The highest BCUT2D eigenvalue weighted by molar-refractivity contribution is 5.63. The van der Waals surface area contributed by atoms with Gasteiger partial charge >= 0.3 is 0 Å². The first-order valence-corrected chi connectivity index (χ1v) is 6.53. The van der Waals surface area contributed by atoms with Crippen LogP contribution in [-0.2, 0) is 19.5 Å². The Morgan fingerprint density at radius 2 is 2.22 bits per heavy atom. The van der Waals surface area contributed by atoms with Gasteiger partial charge in [0.2, 0.25) is 0 Å². The monoisotopic (exact) mass is 242 g/mol. The molecule has 1 aromatic carbocycles. The summed E-state index contributed by atoms with van der Waals surface area (Å²) < 4.78 is 2.18. The van der Waals surface area contributed by atoms with Gasteiger partial charge in [-0.1, -0.05) is 18.2 Å². The summed E-state index contributed by atoms with van der Waals surface area (Å²) in [5.74, 6) is 1.99. The summed E-state index contributed by atoms with van der Waals surface area (Å²) in [4.78, 5) is 0. The van der Waals surface area contributed by atoms with Crippen molar-refractivity contribution in [1.29, 1.82) is 0 Å². The molecule has 1 aliphatic heterocycles. The van der Waals surface area contributed by atoms with Crippen LogP contribution < -0.4 is 5.32 Å². The lowest BCUT2D eigenvalue weighted by Gasteiger charge is -2.20. The van der Waals surface area contributed by atoms with Crippen molar-refractivity contribution in [3.8, 4) is 11.4 Å². The van der Waals surface area contributed by atoms with E-state index in [4.69, 9.17) is 0 Å². The molecule has 4 nitrogen and oxygen atoms in total. The number of hydrogen-bond donors (Lipinski definition) is 1. The molecule has 1 aromatic heterocycles. The van der Waals surface area contributed by atoms with Gasteiger partial charge in [-0.2, -0.15) is 0 Å². The van der Waals surface area contributed by atoms with Crippen molar-refractivity contribution in [1.82, 2.24) is 20.1 Å². The predicted octanol–water partition coefficient (Wildman–Crippen LogP) is 1.92. The maximum absolute atomic E-state index is 4.36. The number of nitrogens with one attached hydrogen (secondary N) is 1. The van der Waals surface area contributed by atoms with Gasteiger partial charge in [-0.15, -0.1) is 10.2 Å². The molecule has 0 atom stereocenters. The quantitative estimate of drug-likeness (QED) is 0.875. The molecule has 0 amide bonds. The van der Waals surface area contributed by atoms with E-state index in [0.29, 0.717) is 0 Å². The molecule has 1 N–H and O–H groups in total. The second-order valence-corrected chi connectivity index (χ2v) is 4.69. The molecular weight excluding hydrogens is 224 g/mol. The van der Waals surface area contributed by atoms with Gasteiger partial charge in [-0.05, 0) is 37.9 Å². The number of aryl methyl sites for hydroxylation is 1. The topological polar surface area (TPSA) is 42.7 Å². The summed E-state index contributed by atoms with van der Waals surface area (Å²) in [6.45, 7) is 7.06. The number of nitrogens with zero attached hydrogens (tertiary/aromatic N) is 3. The fourth-order valence-electron chi connectivity index (χ4n) is 2.70. The molecule has 2 heterocycles. The highest BCUT2D eigenvalue weighted by Crippen LogP contribution is 2.27. The Kier molecular flexibility index (Phi) is 2.88. The van der Waals surface area contributed by atoms with E-state index in [-0.39, 0.29) is 0 Å². The van der Waals surface area contributed by atoms with Gasteiger partial charge in [0, 0.05) is 18.7 Å². The summed E-state index contributed by atoms with van der Waals surface area (Å²) in [6.07, 6.45) is 1.07. The van der Waals surface area contributed by atoms with E-state index in [0.717, 1.165) is 37.7 Å². The summed E-state index contributed by atoms with van der Waals surface area (Å²) in [5.41, 5.74) is 4.07. The number of aromatic nitrogens is 3. The molecule has 0 bridgehead atoms. The smallest absolute Gasteiger partial charge is 0.164 e. The average molecular weight is 242 g/mol. The minimum atomic E-state index is 0.913. The van der Waals surface area contributed by atoms with Crippen LogP contribution in [-0.4, -0.2) is 21.3 Å². The summed E-state index contributed by atoms with van der Waals surface area (Å²) >= 11 is 0. The first kappa shape index (κ1) is 11.4. The van der Waals surface area contributed by atoms with Gasteiger partial charge in [-0.3, -0.25) is 0 Å². The molecule has 18 heavy (non-hydrogen) atoms. The van der Waals surface area contributed by atoms with Crippen LogP contribution in [0.1, 0.15) is 23.9 Å². The maximum atomic E-state index is 4.36. The van der Waals surface area contributed by atoms with Gasteiger partial charge in [0.15, 0.2) is 5.82 Å². The Labute approximate surface area is 107 Å². The molecule has 3 rings (SSSR count). The summed E-state index contributed by atoms with van der Waals surface area (Å²) in [6, 6.07) is 6.48. The largest absolute Gasteiger partial charge is 0.312 e. The summed E-state index contributed by atoms with van der Waals surface area (Å²) in [5, 5.41) is 12.0. The molecule has 94 valence electrons. The second-order valence-electron chi connectivity index (χ2n) is 4.69. The molecule has 0 saturated heterocycles. The van der Waals surface area contributed by atoms with Crippen LogP contribution in [0.25, 0.3) is 11.4 Å². The van der Waals surface area contributed by atoms with Crippen molar-refractivity contribution in [3.05, 3.63) is 35.2 Å². The Balaban J connectivity index is 2.17. The van der Waals surface area contributed by atoms with Crippen molar-refractivity contribution in [2.75, 3.05) is 6.54 Å². The zero-order valence-corrected chi connectivity index (χ0v) is 10.9. The Morgan fingerprint density at radius 1 is 1.33 bits per heavy atom. The van der Waals surface area contributed by atoms with Crippen LogP contribution in [0.2, 0.25) is 0 Å².